The number of aliphatic hydroxyl groups excluding tert-OH is 1. The van der Waals surface area contributed by atoms with E-state index in [-0.39, 0.29) is 13.0 Å². The average Bonchev–Trinajstić information content (AvgIpc) is 2.88. The Morgan fingerprint density at radius 1 is 1.32 bits per heavy atom. The minimum absolute atomic E-state index is 0.0660. The van der Waals surface area contributed by atoms with E-state index in [1.165, 1.54) is 0 Å². The fourth-order valence-corrected chi connectivity index (χ4v) is 2.31. The molecule has 5 N–H and O–H groups in total. The van der Waals surface area contributed by atoms with Gasteiger partial charge in [-0.15, -0.1) is 0 Å². The van der Waals surface area contributed by atoms with Crippen molar-refractivity contribution < 1.29 is 10.2 Å². The molecule has 0 saturated carbocycles. The molecule has 1 heterocycles. The summed E-state index contributed by atoms with van der Waals surface area (Å²) in [7, 11) is 0. The third-order valence-electron chi connectivity index (χ3n) is 3.46. The Balaban J connectivity index is 2.28. The average molecular weight is 260 g/mol. The van der Waals surface area contributed by atoms with E-state index in [0.29, 0.717) is 6.42 Å². The number of nitrogens with two attached hydrogens (primary N) is 1. The van der Waals surface area contributed by atoms with Crippen LogP contribution in [0.1, 0.15) is 23.2 Å². The number of nitrogens with one attached hydrogen (secondary N) is 1. The van der Waals surface area contributed by atoms with Gasteiger partial charge in [0.15, 0.2) is 0 Å². The van der Waals surface area contributed by atoms with Crippen molar-refractivity contribution in [1.29, 1.82) is 0 Å². The van der Waals surface area contributed by atoms with Crippen LogP contribution in [0, 0.1) is 6.92 Å². The van der Waals surface area contributed by atoms with Gasteiger partial charge in [-0.05, 0) is 36.2 Å². The molecule has 0 bridgehead atoms. The fraction of sp³-hybridized carbons (Fsp3) is 0.333. The van der Waals surface area contributed by atoms with Crippen molar-refractivity contribution in [2.45, 2.75) is 25.4 Å². The van der Waals surface area contributed by atoms with Gasteiger partial charge in [-0.3, -0.25) is 0 Å². The van der Waals surface area contributed by atoms with Gasteiger partial charge in [-0.25, -0.2) is 0 Å². The van der Waals surface area contributed by atoms with Gasteiger partial charge in [-0.1, -0.05) is 12.1 Å². The zero-order chi connectivity index (χ0) is 13.9. The maximum Gasteiger partial charge on any atom is 0.110 e. The number of benzene rings is 1. The second kappa shape index (κ2) is 5.47. The number of aliphatic hydroxyl groups is 2. The van der Waals surface area contributed by atoms with E-state index in [1.54, 1.807) is 6.20 Å². The number of hydrogen-bond acceptors (Lipinski definition) is 3. The number of H-pyrrole nitrogens is 1. The van der Waals surface area contributed by atoms with Crippen molar-refractivity contribution >= 4 is 5.69 Å². The Labute approximate surface area is 112 Å². The fourth-order valence-electron chi connectivity index (χ4n) is 2.31. The van der Waals surface area contributed by atoms with Gasteiger partial charge in [0.25, 0.3) is 0 Å². The van der Waals surface area contributed by atoms with E-state index < -0.39 is 5.60 Å². The van der Waals surface area contributed by atoms with Gasteiger partial charge in [0.05, 0.1) is 0 Å². The zero-order valence-corrected chi connectivity index (χ0v) is 11.1. The molecule has 19 heavy (non-hydrogen) atoms. The molecule has 0 aliphatic rings. The highest BCUT2D eigenvalue weighted by atomic mass is 16.3. The lowest BCUT2D eigenvalue weighted by Crippen LogP contribution is -2.30. The Morgan fingerprint density at radius 2 is 2.11 bits per heavy atom. The second-order valence-electron chi connectivity index (χ2n) is 4.96. The number of aromatic amines is 1. The molecule has 1 unspecified atom stereocenters. The molecule has 2 rings (SSSR count). The monoisotopic (exact) mass is 260 g/mol. The predicted molar refractivity (Wildman–Crippen MR) is 75.7 cm³/mol. The van der Waals surface area contributed by atoms with Crippen molar-refractivity contribution in [2.24, 2.45) is 0 Å². The third kappa shape index (κ3) is 2.97. The Morgan fingerprint density at radius 3 is 2.68 bits per heavy atom. The van der Waals surface area contributed by atoms with Gasteiger partial charge < -0.3 is 20.9 Å². The molecule has 2 aromatic rings. The van der Waals surface area contributed by atoms with E-state index in [9.17, 15) is 10.2 Å². The van der Waals surface area contributed by atoms with Crippen molar-refractivity contribution in [2.75, 3.05) is 12.3 Å². The number of aryl methyl sites for hydroxylation is 1. The summed E-state index contributed by atoms with van der Waals surface area (Å²) in [6.45, 7) is 1.88. The summed E-state index contributed by atoms with van der Waals surface area (Å²) < 4.78 is 0. The maximum atomic E-state index is 10.8. The predicted octanol–water partition coefficient (Wildman–Crippen LogP) is 1.72. The normalized spacial score (nSPS) is 14.3. The first kappa shape index (κ1) is 13.6. The smallest absolute Gasteiger partial charge is 0.110 e. The number of nitrogen functional groups attached to an aromatic ring is 1. The van der Waals surface area contributed by atoms with Crippen LogP contribution in [0.2, 0.25) is 0 Å². The molecule has 102 valence electrons. The Bertz CT molecular complexity index is 537. The molecule has 1 aromatic carbocycles. The summed E-state index contributed by atoms with van der Waals surface area (Å²) in [5, 5.41) is 19.9. The summed E-state index contributed by atoms with van der Waals surface area (Å²) in [5.74, 6) is 0. The van der Waals surface area contributed by atoms with E-state index in [2.05, 4.69) is 4.98 Å². The molecular formula is C15H20N2O2. The topological polar surface area (TPSA) is 82.3 Å². The van der Waals surface area contributed by atoms with Gasteiger partial charge in [0.1, 0.15) is 5.60 Å². The van der Waals surface area contributed by atoms with Gasteiger partial charge >= 0.3 is 0 Å². The van der Waals surface area contributed by atoms with Crippen LogP contribution in [0.4, 0.5) is 5.69 Å². The van der Waals surface area contributed by atoms with Crippen LogP contribution in [0.5, 0.6) is 0 Å². The molecule has 0 fully saturated rings. The van der Waals surface area contributed by atoms with E-state index >= 15 is 0 Å². The second-order valence-corrected chi connectivity index (χ2v) is 4.96. The molecule has 0 saturated heterocycles. The van der Waals surface area contributed by atoms with Crippen molar-refractivity contribution in [3.05, 3.63) is 53.3 Å². The first-order valence-electron chi connectivity index (χ1n) is 6.37. The number of anilines is 1. The lowest BCUT2D eigenvalue weighted by atomic mass is 9.88. The molecule has 1 aromatic heterocycles. The number of hydrogen-bond donors (Lipinski definition) is 4. The van der Waals surface area contributed by atoms with Crippen LogP contribution in [0.15, 0.2) is 36.5 Å². The van der Waals surface area contributed by atoms with E-state index in [1.807, 2.05) is 37.3 Å². The van der Waals surface area contributed by atoms with Crippen LogP contribution in [0.3, 0.4) is 0 Å². The summed E-state index contributed by atoms with van der Waals surface area (Å²) >= 11 is 0. The number of rotatable bonds is 5. The van der Waals surface area contributed by atoms with Gasteiger partial charge in [0.2, 0.25) is 0 Å². The molecule has 0 radical (unpaired) electrons. The van der Waals surface area contributed by atoms with E-state index in [0.717, 1.165) is 22.5 Å². The molecule has 0 amide bonds. The molecule has 0 aliphatic carbocycles. The molecule has 1 atom stereocenters. The van der Waals surface area contributed by atoms with E-state index in [4.69, 9.17) is 5.73 Å². The van der Waals surface area contributed by atoms with Crippen LogP contribution in [-0.4, -0.2) is 21.8 Å². The summed E-state index contributed by atoms with van der Waals surface area (Å²) in [4.78, 5) is 3.02. The molecule has 4 heteroatoms. The molecule has 0 aliphatic heterocycles. The van der Waals surface area contributed by atoms with Crippen LogP contribution < -0.4 is 5.73 Å². The highest BCUT2D eigenvalue weighted by Gasteiger charge is 2.30. The third-order valence-corrected chi connectivity index (χ3v) is 3.46. The van der Waals surface area contributed by atoms with Crippen LogP contribution in [-0.2, 0) is 12.0 Å². The first-order chi connectivity index (χ1) is 9.05. The highest BCUT2D eigenvalue weighted by molar-refractivity contribution is 5.48. The first-order valence-corrected chi connectivity index (χ1v) is 6.37. The summed E-state index contributed by atoms with van der Waals surface area (Å²) in [6.07, 6.45) is 2.50. The summed E-state index contributed by atoms with van der Waals surface area (Å²) in [5.41, 5.74) is 8.17. The zero-order valence-electron chi connectivity index (χ0n) is 11.1. The Hall–Kier alpha value is -1.78. The van der Waals surface area contributed by atoms with Gasteiger partial charge in [-0.2, -0.15) is 0 Å². The molecule has 4 nitrogen and oxygen atoms in total. The van der Waals surface area contributed by atoms with Gasteiger partial charge in [0, 0.05) is 37.0 Å². The van der Waals surface area contributed by atoms with Crippen LogP contribution >= 0.6 is 0 Å². The lowest BCUT2D eigenvalue weighted by Gasteiger charge is -2.27. The largest absolute Gasteiger partial charge is 0.399 e. The SMILES string of the molecule is Cc1cc(CC(O)(CCO)c2ccc[nH]2)ccc1N. The lowest BCUT2D eigenvalue weighted by molar-refractivity contribution is 0.00819. The minimum Gasteiger partial charge on any atom is -0.399 e. The quantitative estimate of drug-likeness (QED) is 0.618. The molecule has 0 spiro atoms. The maximum absolute atomic E-state index is 10.8. The number of aromatic nitrogens is 1. The summed E-state index contributed by atoms with van der Waals surface area (Å²) in [6, 6.07) is 9.40. The van der Waals surface area contributed by atoms with Crippen molar-refractivity contribution in [3.8, 4) is 0 Å². The Kier molecular flexibility index (Phi) is 3.93. The standard InChI is InChI=1S/C15H20N2O2/c1-11-9-12(4-5-13(11)16)10-15(19,6-8-18)14-3-2-7-17-14/h2-5,7,9,17-19H,6,8,10,16H2,1H3. The van der Waals surface area contributed by atoms with Crippen LogP contribution in [0.25, 0.3) is 0 Å². The minimum atomic E-state index is -1.08. The van der Waals surface area contributed by atoms with Crippen molar-refractivity contribution in [3.63, 3.8) is 0 Å². The molecular weight excluding hydrogens is 240 g/mol. The highest BCUT2D eigenvalue weighted by Crippen LogP contribution is 2.29. The van der Waals surface area contributed by atoms with Crippen molar-refractivity contribution in [1.82, 2.24) is 4.98 Å².